The van der Waals surface area contributed by atoms with Crippen LogP contribution < -0.4 is 0 Å². The Kier molecular flexibility index (Phi) is 6.01. The van der Waals surface area contributed by atoms with Gasteiger partial charge in [-0.25, -0.2) is 0 Å². The number of hydrogen-bond acceptors (Lipinski definition) is 5. The molecule has 0 aliphatic carbocycles. The fraction of sp³-hybridized carbons (Fsp3) is 0.444. The summed E-state index contributed by atoms with van der Waals surface area (Å²) in [5.41, 5.74) is 0.635. The van der Waals surface area contributed by atoms with Crippen LogP contribution in [0, 0.1) is 0 Å². The third-order valence-electron chi connectivity index (χ3n) is 4.55. The topological polar surface area (TPSA) is 79.5 Å². The lowest BCUT2D eigenvalue weighted by Crippen LogP contribution is -2.55. The molecule has 1 saturated heterocycles. The van der Waals surface area contributed by atoms with Gasteiger partial charge in [-0.3, -0.25) is 9.59 Å². The lowest BCUT2D eigenvalue weighted by molar-refractivity contribution is -0.142. The Hall–Kier alpha value is -2.12. The van der Waals surface area contributed by atoms with Gasteiger partial charge in [0.25, 0.3) is 5.89 Å². The second kappa shape index (κ2) is 8.27. The van der Waals surface area contributed by atoms with Crippen molar-refractivity contribution in [1.82, 2.24) is 19.9 Å². The molecular weight excluding hydrogens is 391 g/mol. The van der Waals surface area contributed by atoms with Crippen LogP contribution in [0.2, 0.25) is 10.0 Å². The van der Waals surface area contributed by atoms with Crippen LogP contribution in [0.5, 0.6) is 0 Å². The maximum absolute atomic E-state index is 12.6. The van der Waals surface area contributed by atoms with Crippen LogP contribution >= 0.6 is 23.2 Å². The molecule has 1 aromatic heterocycles. The monoisotopic (exact) mass is 410 g/mol. The number of piperazine rings is 1. The number of nitrogens with zero attached hydrogens (tertiary/aromatic N) is 4. The van der Waals surface area contributed by atoms with E-state index in [4.69, 9.17) is 27.7 Å². The molecule has 7 nitrogen and oxygen atoms in total. The number of amides is 2. The molecule has 3 rings (SSSR count). The minimum Gasteiger partial charge on any atom is -0.338 e. The molecule has 0 spiro atoms. The molecule has 1 fully saturated rings. The third kappa shape index (κ3) is 4.42. The van der Waals surface area contributed by atoms with Crippen LogP contribution in [-0.2, 0) is 16.0 Å². The van der Waals surface area contributed by atoms with Gasteiger partial charge >= 0.3 is 0 Å². The smallest absolute Gasteiger partial charge is 0.257 e. The second-order valence-electron chi connectivity index (χ2n) is 6.45. The summed E-state index contributed by atoms with van der Waals surface area (Å²) >= 11 is 11.9. The van der Waals surface area contributed by atoms with E-state index in [2.05, 4.69) is 10.1 Å². The zero-order valence-corrected chi connectivity index (χ0v) is 16.6. The zero-order chi connectivity index (χ0) is 19.6. The fourth-order valence-electron chi connectivity index (χ4n) is 3.08. The predicted octanol–water partition coefficient (Wildman–Crippen LogP) is 3.06. The van der Waals surface area contributed by atoms with Crippen molar-refractivity contribution in [1.29, 1.82) is 0 Å². The second-order valence-corrected chi connectivity index (χ2v) is 7.27. The number of rotatable bonds is 4. The first-order valence-corrected chi connectivity index (χ1v) is 9.50. The highest BCUT2D eigenvalue weighted by Crippen LogP contribution is 2.27. The van der Waals surface area contributed by atoms with Crippen molar-refractivity contribution in [3.05, 3.63) is 34.1 Å². The fourth-order valence-corrected chi connectivity index (χ4v) is 3.38. The van der Waals surface area contributed by atoms with Crippen LogP contribution in [-0.4, -0.2) is 57.4 Å². The number of hydrogen-bond donors (Lipinski definition) is 0. The number of benzene rings is 1. The van der Waals surface area contributed by atoms with Gasteiger partial charge in [0.1, 0.15) is 0 Å². The summed E-state index contributed by atoms with van der Waals surface area (Å²) in [7, 11) is 0. The molecule has 27 heavy (non-hydrogen) atoms. The first-order chi connectivity index (χ1) is 12.9. The summed E-state index contributed by atoms with van der Waals surface area (Å²) in [6, 6.07) is 4.99. The van der Waals surface area contributed by atoms with Gasteiger partial charge in [-0.05, 0) is 25.1 Å². The van der Waals surface area contributed by atoms with Gasteiger partial charge in [0, 0.05) is 37.7 Å². The van der Waals surface area contributed by atoms with Crippen molar-refractivity contribution in [2.75, 3.05) is 19.6 Å². The van der Waals surface area contributed by atoms with Gasteiger partial charge in [0.2, 0.25) is 11.8 Å². The van der Waals surface area contributed by atoms with Crippen LogP contribution in [0.4, 0.5) is 0 Å². The van der Waals surface area contributed by atoms with Crippen LogP contribution in [0.3, 0.4) is 0 Å². The molecule has 0 radical (unpaired) electrons. The number of carbonyl (C=O) groups excluding carboxylic acids is 2. The number of aromatic nitrogens is 2. The predicted molar refractivity (Wildman–Crippen MR) is 102 cm³/mol. The van der Waals surface area contributed by atoms with Crippen LogP contribution in [0.15, 0.2) is 22.7 Å². The largest absolute Gasteiger partial charge is 0.338 e. The lowest BCUT2D eigenvalue weighted by Gasteiger charge is -2.39. The lowest BCUT2D eigenvalue weighted by atomic mass is 10.1. The molecule has 9 heteroatoms. The van der Waals surface area contributed by atoms with Crippen LogP contribution in [0.1, 0.15) is 26.1 Å². The van der Waals surface area contributed by atoms with E-state index in [1.54, 1.807) is 23.1 Å². The number of carbonyl (C=O) groups is 2. The van der Waals surface area contributed by atoms with Crippen molar-refractivity contribution in [2.24, 2.45) is 0 Å². The molecule has 2 heterocycles. The molecule has 0 N–H and O–H groups in total. The quantitative estimate of drug-likeness (QED) is 0.773. The SMILES string of the molecule is CCC(=O)N1CCN(C(=O)Cc2noc(-c3ccc(Cl)c(Cl)c3)n2)CC1C. The maximum atomic E-state index is 12.6. The zero-order valence-electron chi connectivity index (χ0n) is 15.1. The van der Waals surface area contributed by atoms with Crippen molar-refractivity contribution in [3.63, 3.8) is 0 Å². The molecule has 1 atom stereocenters. The summed E-state index contributed by atoms with van der Waals surface area (Å²) in [6.07, 6.45) is 0.512. The molecule has 0 bridgehead atoms. The van der Waals surface area contributed by atoms with Gasteiger partial charge in [-0.1, -0.05) is 35.3 Å². The van der Waals surface area contributed by atoms with E-state index in [-0.39, 0.29) is 30.2 Å². The Morgan fingerprint density at radius 1 is 1.22 bits per heavy atom. The normalized spacial score (nSPS) is 17.3. The molecule has 144 valence electrons. The summed E-state index contributed by atoms with van der Waals surface area (Å²) in [5.74, 6) is 0.606. The highest BCUT2D eigenvalue weighted by atomic mass is 35.5. The first kappa shape index (κ1) is 19.6. The van der Waals surface area contributed by atoms with Gasteiger partial charge in [-0.15, -0.1) is 0 Å². The van der Waals surface area contributed by atoms with Gasteiger partial charge in [0.05, 0.1) is 16.5 Å². The average molecular weight is 411 g/mol. The molecule has 1 unspecified atom stereocenters. The van der Waals surface area contributed by atoms with Gasteiger partial charge < -0.3 is 14.3 Å². The summed E-state index contributed by atoms with van der Waals surface area (Å²) < 4.78 is 5.23. The van der Waals surface area contributed by atoms with Crippen molar-refractivity contribution >= 4 is 35.0 Å². The van der Waals surface area contributed by atoms with Crippen molar-refractivity contribution < 1.29 is 14.1 Å². The van der Waals surface area contributed by atoms with E-state index in [0.717, 1.165) is 0 Å². The average Bonchev–Trinajstić information content (AvgIpc) is 3.11. The molecule has 1 aromatic carbocycles. The number of halogens is 2. The van der Waals surface area contributed by atoms with E-state index in [0.29, 0.717) is 47.5 Å². The Labute approximate surface area is 167 Å². The first-order valence-electron chi connectivity index (χ1n) is 8.74. The summed E-state index contributed by atoms with van der Waals surface area (Å²) in [5, 5.41) is 4.70. The highest BCUT2D eigenvalue weighted by molar-refractivity contribution is 6.42. The molecular formula is C18H20Cl2N4O3. The minimum atomic E-state index is -0.0908. The Balaban J connectivity index is 1.63. The molecule has 1 aliphatic rings. The van der Waals surface area contributed by atoms with Crippen LogP contribution in [0.25, 0.3) is 11.5 Å². The standard InChI is InChI=1S/C18H20Cl2N4O3/c1-3-16(25)24-7-6-23(10-11(24)2)17(26)9-15-21-18(27-22-15)12-4-5-13(19)14(20)8-12/h4-5,8,11H,3,6-7,9-10H2,1-2H3. The molecule has 2 amide bonds. The summed E-state index contributed by atoms with van der Waals surface area (Å²) in [6.45, 7) is 5.34. The summed E-state index contributed by atoms with van der Waals surface area (Å²) in [4.78, 5) is 32.3. The Morgan fingerprint density at radius 3 is 2.67 bits per heavy atom. The van der Waals surface area contributed by atoms with E-state index in [1.807, 2.05) is 18.7 Å². The Morgan fingerprint density at radius 2 is 2.00 bits per heavy atom. The van der Waals surface area contributed by atoms with E-state index in [1.165, 1.54) is 0 Å². The third-order valence-corrected chi connectivity index (χ3v) is 5.29. The van der Waals surface area contributed by atoms with E-state index >= 15 is 0 Å². The molecule has 1 aliphatic heterocycles. The van der Waals surface area contributed by atoms with Crippen molar-refractivity contribution in [3.8, 4) is 11.5 Å². The minimum absolute atomic E-state index is 0.00723. The molecule has 2 aromatic rings. The van der Waals surface area contributed by atoms with E-state index in [9.17, 15) is 9.59 Å². The highest BCUT2D eigenvalue weighted by Gasteiger charge is 2.29. The van der Waals surface area contributed by atoms with Crippen molar-refractivity contribution in [2.45, 2.75) is 32.7 Å². The van der Waals surface area contributed by atoms with E-state index < -0.39 is 0 Å². The molecule has 0 saturated carbocycles. The Bertz CT molecular complexity index is 855. The van der Waals surface area contributed by atoms with Gasteiger partial charge in [-0.2, -0.15) is 4.98 Å². The maximum Gasteiger partial charge on any atom is 0.257 e. The van der Waals surface area contributed by atoms with Gasteiger partial charge in [0.15, 0.2) is 5.82 Å².